The van der Waals surface area contributed by atoms with Gasteiger partial charge in [-0.25, -0.2) is 0 Å². The second kappa shape index (κ2) is 8.06. The summed E-state index contributed by atoms with van der Waals surface area (Å²) in [6, 6.07) is 10.6. The topological polar surface area (TPSA) is 76.1 Å². The lowest BCUT2D eigenvalue weighted by atomic mass is 10.1. The van der Waals surface area contributed by atoms with Gasteiger partial charge in [-0.1, -0.05) is 34.1 Å². The van der Waals surface area contributed by atoms with E-state index in [1.807, 2.05) is 24.3 Å². The fourth-order valence-electron chi connectivity index (χ4n) is 2.58. The van der Waals surface area contributed by atoms with Crippen molar-refractivity contribution in [3.63, 3.8) is 0 Å². The maximum Gasteiger partial charge on any atom is 0.293 e. The molecule has 0 unspecified atom stereocenters. The zero-order chi connectivity index (χ0) is 19.6. The van der Waals surface area contributed by atoms with Crippen LogP contribution in [-0.4, -0.2) is 35.4 Å². The number of carbonyl (C=O) groups is 2. The highest BCUT2D eigenvalue weighted by molar-refractivity contribution is 9.10. The molecule has 1 aliphatic heterocycles. The first-order chi connectivity index (χ1) is 12.9. The minimum absolute atomic E-state index is 0.126. The summed E-state index contributed by atoms with van der Waals surface area (Å²) >= 11 is 4.30. The molecule has 0 radical (unpaired) electrons. The number of phenols is 1. The number of methoxy groups -OCH3 is 2. The van der Waals surface area contributed by atoms with E-state index in [1.54, 1.807) is 18.2 Å². The van der Waals surface area contributed by atoms with Crippen molar-refractivity contribution in [1.82, 2.24) is 4.90 Å². The van der Waals surface area contributed by atoms with Gasteiger partial charge in [0.05, 0.1) is 25.7 Å². The van der Waals surface area contributed by atoms with Crippen LogP contribution < -0.4 is 9.47 Å². The summed E-state index contributed by atoms with van der Waals surface area (Å²) in [7, 11) is 2.84. The number of amides is 2. The highest BCUT2D eigenvalue weighted by Crippen LogP contribution is 2.39. The zero-order valence-corrected chi connectivity index (χ0v) is 17.0. The number of ether oxygens (including phenoxy) is 2. The third kappa shape index (κ3) is 3.96. The number of imide groups is 1. The lowest BCUT2D eigenvalue weighted by Crippen LogP contribution is -2.27. The quantitative estimate of drug-likeness (QED) is 0.681. The van der Waals surface area contributed by atoms with Gasteiger partial charge >= 0.3 is 0 Å². The molecule has 2 amide bonds. The van der Waals surface area contributed by atoms with E-state index in [4.69, 9.17) is 9.47 Å². The maximum atomic E-state index is 12.7. The predicted molar refractivity (Wildman–Crippen MR) is 107 cm³/mol. The maximum absolute atomic E-state index is 12.7. The van der Waals surface area contributed by atoms with Crippen molar-refractivity contribution in [3.05, 3.63) is 56.9 Å². The Morgan fingerprint density at radius 1 is 1.15 bits per heavy atom. The molecule has 0 saturated carbocycles. The summed E-state index contributed by atoms with van der Waals surface area (Å²) in [4.78, 5) is 26.5. The van der Waals surface area contributed by atoms with Gasteiger partial charge in [0.15, 0.2) is 11.5 Å². The molecule has 27 heavy (non-hydrogen) atoms. The van der Waals surface area contributed by atoms with Gasteiger partial charge in [0.2, 0.25) is 5.75 Å². The normalized spacial score (nSPS) is 15.5. The molecule has 0 atom stereocenters. The van der Waals surface area contributed by atoms with E-state index in [0.717, 1.165) is 21.8 Å². The molecule has 0 bridgehead atoms. The molecule has 1 aliphatic rings. The first-order valence-corrected chi connectivity index (χ1v) is 9.49. The number of hydrogen-bond donors (Lipinski definition) is 1. The van der Waals surface area contributed by atoms with Crippen molar-refractivity contribution in [2.24, 2.45) is 0 Å². The molecule has 2 aromatic rings. The molecule has 1 N–H and O–H groups in total. The highest BCUT2D eigenvalue weighted by Gasteiger charge is 2.35. The number of rotatable bonds is 5. The van der Waals surface area contributed by atoms with Crippen molar-refractivity contribution >= 4 is 44.9 Å². The molecule has 0 aromatic heterocycles. The van der Waals surface area contributed by atoms with E-state index in [9.17, 15) is 14.7 Å². The standard InChI is InChI=1S/C19H16BrNO5S/c1-25-14-7-11(8-15(26-2)17(14)22)9-16-18(23)21(19(24)27-16)10-12-5-3-4-6-13(12)20/h3-9,22H,10H2,1-2H3. The third-order valence-corrected chi connectivity index (χ3v) is 5.64. The van der Waals surface area contributed by atoms with E-state index in [2.05, 4.69) is 15.9 Å². The van der Waals surface area contributed by atoms with Crippen LogP contribution in [0.25, 0.3) is 6.08 Å². The number of nitrogens with zero attached hydrogens (tertiary/aromatic N) is 1. The Morgan fingerprint density at radius 3 is 2.37 bits per heavy atom. The molecule has 8 heteroatoms. The van der Waals surface area contributed by atoms with Crippen molar-refractivity contribution in [2.45, 2.75) is 6.54 Å². The van der Waals surface area contributed by atoms with Crippen LogP contribution in [0.15, 0.2) is 45.8 Å². The van der Waals surface area contributed by atoms with Crippen LogP contribution in [0.2, 0.25) is 0 Å². The van der Waals surface area contributed by atoms with Crippen molar-refractivity contribution in [2.75, 3.05) is 14.2 Å². The van der Waals surface area contributed by atoms with Crippen molar-refractivity contribution < 1.29 is 24.2 Å². The molecule has 0 spiro atoms. The number of phenolic OH excluding ortho intramolecular Hbond substituents is 1. The molecular weight excluding hydrogens is 434 g/mol. The van der Waals surface area contributed by atoms with Gasteiger partial charge in [0.25, 0.3) is 11.1 Å². The number of benzene rings is 2. The van der Waals surface area contributed by atoms with Gasteiger partial charge in [-0.3, -0.25) is 14.5 Å². The Hall–Kier alpha value is -2.45. The molecule has 140 valence electrons. The lowest BCUT2D eigenvalue weighted by molar-refractivity contribution is -0.123. The SMILES string of the molecule is COc1cc(C=C2SC(=O)N(Cc3ccccc3Br)C2=O)cc(OC)c1O. The minimum atomic E-state index is -0.369. The van der Waals surface area contributed by atoms with Gasteiger partial charge in [0.1, 0.15) is 0 Å². The van der Waals surface area contributed by atoms with Gasteiger partial charge in [-0.2, -0.15) is 0 Å². The number of halogens is 1. The molecule has 1 fully saturated rings. The van der Waals surface area contributed by atoms with Crippen LogP contribution in [0.4, 0.5) is 4.79 Å². The summed E-state index contributed by atoms with van der Waals surface area (Å²) in [5.41, 5.74) is 1.42. The van der Waals surface area contributed by atoms with E-state index >= 15 is 0 Å². The van der Waals surface area contributed by atoms with Gasteiger partial charge < -0.3 is 14.6 Å². The van der Waals surface area contributed by atoms with Gasteiger partial charge in [0, 0.05) is 4.47 Å². The van der Waals surface area contributed by atoms with Crippen LogP contribution in [-0.2, 0) is 11.3 Å². The second-order valence-electron chi connectivity index (χ2n) is 5.63. The Bertz CT molecular complexity index is 918. The molecule has 0 aliphatic carbocycles. The molecule has 3 rings (SSSR count). The third-order valence-electron chi connectivity index (χ3n) is 3.96. The van der Waals surface area contributed by atoms with E-state index < -0.39 is 0 Å². The monoisotopic (exact) mass is 449 g/mol. The van der Waals surface area contributed by atoms with E-state index in [-0.39, 0.29) is 34.9 Å². The van der Waals surface area contributed by atoms with Crippen LogP contribution in [0.3, 0.4) is 0 Å². The fraction of sp³-hybridized carbons (Fsp3) is 0.158. The molecule has 1 heterocycles. The minimum Gasteiger partial charge on any atom is -0.502 e. The molecule has 6 nitrogen and oxygen atoms in total. The van der Waals surface area contributed by atoms with Gasteiger partial charge in [-0.15, -0.1) is 0 Å². The average Bonchev–Trinajstić information content (AvgIpc) is 2.92. The average molecular weight is 450 g/mol. The Morgan fingerprint density at radius 2 is 1.78 bits per heavy atom. The van der Waals surface area contributed by atoms with Crippen molar-refractivity contribution in [1.29, 1.82) is 0 Å². The summed E-state index contributed by atoms with van der Waals surface area (Å²) in [6.07, 6.45) is 1.58. The summed E-state index contributed by atoms with van der Waals surface area (Å²) < 4.78 is 11.1. The van der Waals surface area contributed by atoms with Crippen LogP contribution in [0.5, 0.6) is 17.2 Å². The first-order valence-electron chi connectivity index (χ1n) is 7.88. The second-order valence-corrected chi connectivity index (χ2v) is 7.48. The lowest BCUT2D eigenvalue weighted by Gasteiger charge is -2.13. The van der Waals surface area contributed by atoms with E-state index in [0.29, 0.717) is 10.5 Å². The van der Waals surface area contributed by atoms with Crippen molar-refractivity contribution in [3.8, 4) is 17.2 Å². The summed E-state index contributed by atoms with van der Waals surface area (Å²) in [5, 5.41) is 9.66. The van der Waals surface area contributed by atoms with Gasteiger partial charge in [-0.05, 0) is 47.2 Å². The summed E-state index contributed by atoms with van der Waals surface area (Å²) in [6.45, 7) is 0.186. The number of aromatic hydroxyl groups is 1. The van der Waals surface area contributed by atoms with Crippen LogP contribution >= 0.6 is 27.7 Å². The predicted octanol–water partition coefficient (Wildman–Crippen LogP) is 4.41. The first kappa shape index (κ1) is 19.3. The molecular formula is C19H16BrNO5S. The fourth-order valence-corrected chi connectivity index (χ4v) is 3.83. The smallest absolute Gasteiger partial charge is 0.293 e. The zero-order valence-electron chi connectivity index (χ0n) is 14.6. The Kier molecular flexibility index (Phi) is 5.76. The highest BCUT2D eigenvalue weighted by atomic mass is 79.9. The molecule has 1 saturated heterocycles. The number of carbonyl (C=O) groups excluding carboxylic acids is 2. The molecule has 2 aromatic carbocycles. The Balaban J connectivity index is 1.89. The number of thioether (sulfide) groups is 1. The van der Waals surface area contributed by atoms with Crippen LogP contribution in [0, 0.1) is 0 Å². The van der Waals surface area contributed by atoms with E-state index in [1.165, 1.54) is 19.1 Å². The summed E-state index contributed by atoms with van der Waals surface area (Å²) in [5.74, 6) is -0.0629. The Labute approximate surface area is 168 Å². The largest absolute Gasteiger partial charge is 0.502 e. The number of hydrogen-bond acceptors (Lipinski definition) is 6. The van der Waals surface area contributed by atoms with Crippen LogP contribution in [0.1, 0.15) is 11.1 Å².